The lowest BCUT2D eigenvalue weighted by molar-refractivity contribution is 0.112. The molecular weight excluding hydrogens is 176 g/mol. The summed E-state index contributed by atoms with van der Waals surface area (Å²) in [5.41, 5.74) is 2.40. The quantitative estimate of drug-likeness (QED) is 0.672. The zero-order chi connectivity index (χ0) is 9.97. The van der Waals surface area contributed by atoms with Gasteiger partial charge in [0.05, 0.1) is 11.4 Å². The topological polar surface area (TPSA) is 34.9 Å². The molecule has 0 spiro atoms. The van der Waals surface area contributed by atoms with Gasteiger partial charge in [-0.3, -0.25) is 4.79 Å². The highest BCUT2D eigenvalue weighted by molar-refractivity contribution is 5.80. The maximum absolute atomic E-state index is 10.8. The molecule has 1 aromatic carbocycles. The normalized spacial score (nSPS) is 10.1. The predicted molar refractivity (Wildman–Crippen MR) is 53.7 cm³/mol. The van der Waals surface area contributed by atoms with Crippen LogP contribution in [-0.4, -0.2) is 16.1 Å². The molecule has 0 radical (unpaired) electrons. The van der Waals surface area contributed by atoms with Gasteiger partial charge in [0.25, 0.3) is 0 Å². The predicted octanol–water partition coefficient (Wildman–Crippen LogP) is 1.99. The van der Waals surface area contributed by atoms with E-state index in [-0.39, 0.29) is 0 Å². The molecule has 1 heterocycles. The number of hydrogen-bond donors (Lipinski definition) is 0. The van der Waals surface area contributed by atoms with E-state index in [1.807, 2.05) is 37.4 Å². The van der Waals surface area contributed by atoms with Crippen LogP contribution in [0, 0.1) is 6.92 Å². The Kier molecular flexibility index (Phi) is 2.14. The van der Waals surface area contributed by atoms with Crippen molar-refractivity contribution in [2.75, 3.05) is 0 Å². The molecule has 2 rings (SSSR count). The Morgan fingerprint density at radius 2 is 2.07 bits per heavy atom. The van der Waals surface area contributed by atoms with E-state index in [9.17, 15) is 4.79 Å². The van der Waals surface area contributed by atoms with Crippen LogP contribution in [0.3, 0.4) is 0 Å². The van der Waals surface area contributed by atoms with Crippen molar-refractivity contribution in [2.45, 2.75) is 6.92 Å². The van der Waals surface area contributed by atoms with Crippen molar-refractivity contribution in [3.63, 3.8) is 0 Å². The number of aromatic nitrogens is 2. The molecule has 0 unspecified atom stereocenters. The molecule has 3 nitrogen and oxygen atoms in total. The summed E-state index contributed by atoms with van der Waals surface area (Å²) in [6, 6.07) is 9.28. The highest BCUT2D eigenvalue weighted by Gasteiger charge is 2.02. The SMILES string of the molecule is Cc1ccn(-c2ccccc2C=O)n1. The van der Waals surface area contributed by atoms with Crippen molar-refractivity contribution < 1.29 is 4.79 Å². The summed E-state index contributed by atoms with van der Waals surface area (Å²) in [5, 5.41) is 4.25. The number of carbonyl (C=O) groups is 1. The monoisotopic (exact) mass is 186 g/mol. The first-order valence-electron chi connectivity index (χ1n) is 4.38. The number of aldehydes is 1. The Hall–Kier alpha value is -1.90. The van der Waals surface area contributed by atoms with Crippen LogP contribution in [0.15, 0.2) is 36.5 Å². The highest BCUT2D eigenvalue weighted by atomic mass is 16.1. The summed E-state index contributed by atoms with van der Waals surface area (Å²) in [6.07, 6.45) is 2.68. The van der Waals surface area contributed by atoms with E-state index in [0.717, 1.165) is 17.7 Å². The number of rotatable bonds is 2. The summed E-state index contributed by atoms with van der Waals surface area (Å²) in [4.78, 5) is 10.8. The van der Waals surface area contributed by atoms with Crippen molar-refractivity contribution in [1.29, 1.82) is 0 Å². The number of carbonyl (C=O) groups excluding carboxylic acids is 1. The summed E-state index contributed by atoms with van der Waals surface area (Å²) < 4.78 is 1.71. The standard InChI is InChI=1S/C11H10N2O/c1-9-6-7-13(12-9)11-5-3-2-4-10(11)8-14/h2-8H,1H3. The third kappa shape index (κ3) is 1.44. The van der Waals surface area contributed by atoms with Crippen LogP contribution in [0.2, 0.25) is 0 Å². The second kappa shape index (κ2) is 3.46. The van der Waals surface area contributed by atoms with E-state index in [1.54, 1.807) is 10.7 Å². The second-order valence-electron chi connectivity index (χ2n) is 3.08. The molecule has 0 saturated carbocycles. The molecule has 14 heavy (non-hydrogen) atoms. The average molecular weight is 186 g/mol. The van der Waals surface area contributed by atoms with Crippen molar-refractivity contribution in [1.82, 2.24) is 9.78 Å². The van der Waals surface area contributed by atoms with E-state index in [2.05, 4.69) is 5.10 Å². The Morgan fingerprint density at radius 3 is 2.71 bits per heavy atom. The molecule has 0 aliphatic carbocycles. The number of hydrogen-bond acceptors (Lipinski definition) is 2. The molecule has 0 saturated heterocycles. The van der Waals surface area contributed by atoms with Gasteiger partial charge in [-0.1, -0.05) is 12.1 Å². The van der Waals surface area contributed by atoms with E-state index in [0.29, 0.717) is 5.56 Å². The largest absolute Gasteiger partial charge is 0.298 e. The van der Waals surface area contributed by atoms with Crippen LogP contribution in [-0.2, 0) is 0 Å². The van der Waals surface area contributed by atoms with Crippen LogP contribution in [0.1, 0.15) is 16.1 Å². The molecule has 2 aromatic rings. The van der Waals surface area contributed by atoms with Gasteiger partial charge in [0, 0.05) is 11.8 Å². The molecule has 0 bridgehead atoms. The smallest absolute Gasteiger partial charge is 0.152 e. The molecule has 70 valence electrons. The Balaban J connectivity index is 2.55. The first-order valence-corrected chi connectivity index (χ1v) is 4.38. The molecule has 0 aliphatic heterocycles. The Bertz CT molecular complexity index is 460. The fourth-order valence-electron chi connectivity index (χ4n) is 1.35. The minimum absolute atomic E-state index is 0.649. The molecule has 1 aromatic heterocycles. The minimum atomic E-state index is 0.649. The van der Waals surface area contributed by atoms with E-state index in [4.69, 9.17) is 0 Å². The van der Waals surface area contributed by atoms with Crippen LogP contribution in [0.5, 0.6) is 0 Å². The molecule has 0 N–H and O–H groups in total. The van der Waals surface area contributed by atoms with Crippen LogP contribution >= 0.6 is 0 Å². The maximum Gasteiger partial charge on any atom is 0.152 e. The second-order valence-corrected chi connectivity index (χ2v) is 3.08. The fourth-order valence-corrected chi connectivity index (χ4v) is 1.35. The van der Waals surface area contributed by atoms with E-state index in [1.165, 1.54) is 0 Å². The lowest BCUT2D eigenvalue weighted by atomic mass is 10.2. The Labute approximate surface area is 82.0 Å². The molecule has 0 fully saturated rings. The fraction of sp³-hybridized carbons (Fsp3) is 0.0909. The van der Waals surface area contributed by atoms with Crippen LogP contribution in [0.4, 0.5) is 0 Å². The summed E-state index contributed by atoms with van der Waals surface area (Å²) in [5.74, 6) is 0. The van der Waals surface area contributed by atoms with Gasteiger partial charge in [-0.25, -0.2) is 4.68 Å². The molecule has 0 aliphatic rings. The molecule has 3 heteroatoms. The zero-order valence-corrected chi connectivity index (χ0v) is 7.84. The van der Waals surface area contributed by atoms with Gasteiger partial charge >= 0.3 is 0 Å². The lowest BCUT2D eigenvalue weighted by Crippen LogP contribution is -1.99. The zero-order valence-electron chi connectivity index (χ0n) is 7.84. The third-order valence-electron chi connectivity index (χ3n) is 2.03. The summed E-state index contributed by atoms with van der Waals surface area (Å²) >= 11 is 0. The Morgan fingerprint density at radius 1 is 1.29 bits per heavy atom. The summed E-state index contributed by atoms with van der Waals surface area (Å²) in [6.45, 7) is 1.92. The number of para-hydroxylation sites is 1. The van der Waals surface area contributed by atoms with Gasteiger partial charge in [0.2, 0.25) is 0 Å². The summed E-state index contributed by atoms with van der Waals surface area (Å²) in [7, 11) is 0. The molecular formula is C11H10N2O. The van der Waals surface area contributed by atoms with E-state index < -0.39 is 0 Å². The van der Waals surface area contributed by atoms with Gasteiger partial charge in [-0.15, -0.1) is 0 Å². The highest BCUT2D eigenvalue weighted by Crippen LogP contribution is 2.11. The van der Waals surface area contributed by atoms with Crippen molar-refractivity contribution >= 4 is 6.29 Å². The number of benzene rings is 1. The lowest BCUT2D eigenvalue weighted by Gasteiger charge is -2.03. The third-order valence-corrected chi connectivity index (χ3v) is 2.03. The van der Waals surface area contributed by atoms with Gasteiger partial charge in [0.1, 0.15) is 0 Å². The average Bonchev–Trinajstić information content (AvgIpc) is 2.65. The maximum atomic E-state index is 10.8. The number of aryl methyl sites for hydroxylation is 1. The van der Waals surface area contributed by atoms with Gasteiger partial charge in [-0.2, -0.15) is 5.10 Å². The van der Waals surface area contributed by atoms with E-state index >= 15 is 0 Å². The van der Waals surface area contributed by atoms with Crippen LogP contribution in [0.25, 0.3) is 5.69 Å². The first kappa shape index (κ1) is 8.69. The van der Waals surface area contributed by atoms with Crippen molar-refractivity contribution in [3.8, 4) is 5.69 Å². The molecule has 0 atom stereocenters. The van der Waals surface area contributed by atoms with Gasteiger partial charge in [0.15, 0.2) is 6.29 Å². The van der Waals surface area contributed by atoms with Crippen molar-refractivity contribution in [3.05, 3.63) is 47.8 Å². The first-order chi connectivity index (χ1) is 6.81. The minimum Gasteiger partial charge on any atom is -0.298 e. The van der Waals surface area contributed by atoms with Crippen LogP contribution < -0.4 is 0 Å². The van der Waals surface area contributed by atoms with Gasteiger partial charge in [-0.05, 0) is 25.1 Å². The molecule has 0 amide bonds. The van der Waals surface area contributed by atoms with Gasteiger partial charge < -0.3 is 0 Å². The van der Waals surface area contributed by atoms with Crippen molar-refractivity contribution in [2.24, 2.45) is 0 Å². The number of nitrogens with zero attached hydrogens (tertiary/aromatic N) is 2.